The highest BCUT2D eigenvalue weighted by molar-refractivity contribution is 5.71. The highest BCUT2D eigenvalue weighted by atomic mass is 16.6. The Morgan fingerprint density at radius 3 is 0.685 bits per heavy atom. The molecule has 0 bridgehead atoms. The molecule has 0 saturated heterocycles. The number of rotatable bonds is 61. The third kappa shape index (κ3) is 60.6. The smallest absolute Gasteiger partial charge is 0.306 e. The number of carbonyl (C=O) groups is 3. The van der Waals surface area contributed by atoms with Gasteiger partial charge in [0.2, 0.25) is 0 Å². The largest absolute Gasteiger partial charge is 0.462 e. The van der Waals surface area contributed by atoms with Crippen molar-refractivity contribution in [2.45, 2.75) is 374 Å². The van der Waals surface area contributed by atoms with Crippen molar-refractivity contribution in [3.63, 3.8) is 0 Å². The summed E-state index contributed by atoms with van der Waals surface area (Å²) >= 11 is 0. The van der Waals surface area contributed by atoms with Gasteiger partial charge in [-0.15, -0.1) is 0 Å². The summed E-state index contributed by atoms with van der Waals surface area (Å²) in [4.78, 5) is 38.2. The maximum Gasteiger partial charge on any atom is 0.306 e. The minimum Gasteiger partial charge on any atom is -0.462 e. The third-order valence-electron chi connectivity index (χ3n) is 14.9. The molecule has 0 spiro atoms. The summed E-state index contributed by atoms with van der Waals surface area (Å²) in [6.07, 6.45) is 74.9. The van der Waals surface area contributed by atoms with Crippen molar-refractivity contribution in [1.29, 1.82) is 0 Å². The van der Waals surface area contributed by atoms with Crippen LogP contribution in [0, 0.1) is 0 Å². The van der Waals surface area contributed by atoms with Gasteiger partial charge in [-0.25, -0.2) is 0 Å². The summed E-state index contributed by atoms with van der Waals surface area (Å²) in [5.74, 6) is -0.866. The van der Waals surface area contributed by atoms with Crippen LogP contribution in [0.15, 0.2) is 24.3 Å². The highest BCUT2D eigenvalue weighted by Gasteiger charge is 2.19. The van der Waals surface area contributed by atoms with Crippen LogP contribution < -0.4 is 0 Å². The van der Waals surface area contributed by atoms with Crippen molar-refractivity contribution < 1.29 is 28.6 Å². The minimum atomic E-state index is -0.776. The molecule has 0 aromatic rings. The van der Waals surface area contributed by atoms with E-state index in [1.165, 1.54) is 257 Å². The average molecular weight is 1030 g/mol. The summed E-state index contributed by atoms with van der Waals surface area (Å²) in [6, 6.07) is 0. The Morgan fingerprint density at radius 2 is 0.452 bits per heavy atom. The van der Waals surface area contributed by atoms with E-state index in [4.69, 9.17) is 14.2 Å². The Bertz CT molecular complexity index is 1180. The van der Waals surface area contributed by atoms with Crippen LogP contribution in [0.3, 0.4) is 0 Å². The van der Waals surface area contributed by atoms with Gasteiger partial charge in [0, 0.05) is 19.3 Å². The average Bonchev–Trinajstić information content (AvgIpc) is 3.39. The first-order valence-electron chi connectivity index (χ1n) is 32.8. The van der Waals surface area contributed by atoms with Crippen molar-refractivity contribution in [3.05, 3.63) is 24.3 Å². The van der Waals surface area contributed by atoms with Gasteiger partial charge in [0.05, 0.1) is 0 Å². The molecule has 0 aliphatic heterocycles. The number of esters is 3. The predicted octanol–water partition coefficient (Wildman–Crippen LogP) is 22.2. The zero-order chi connectivity index (χ0) is 52.9. The van der Waals surface area contributed by atoms with Gasteiger partial charge in [0.25, 0.3) is 0 Å². The summed E-state index contributed by atoms with van der Waals surface area (Å²) in [7, 11) is 0. The van der Waals surface area contributed by atoms with Gasteiger partial charge in [-0.1, -0.05) is 302 Å². The second-order valence-electron chi connectivity index (χ2n) is 22.4. The quantitative estimate of drug-likeness (QED) is 0.0261. The van der Waals surface area contributed by atoms with Gasteiger partial charge in [0.1, 0.15) is 13.2 Å². The maximum atomic E-state index is 12.9. The van der Waals surface area contributed by atoms with E-state index in [2.05, 4.69) is 45.1 Å². The molecule has 1 atom stereocenters. The first-order valence-corrected chi connectivity index (χ1v) is 32.8. The van der Waals surface area contributed by atoms with Crippen molar-refractivity contribution in [2.75, 3.05) is 13.2 Å². The number of hydrogen-bond donors (Lipinski definition) is 0. The Kier molecular flexibility index (Phi) is 60.6. The van der Waals surface area contributed by atoms with Gasteiger partial charge in [-0.3, -0.25) is 14.4 Å². The molecule has 0 radical (unpaired) electrons. The van der Waals surface area contributed by atoms with Crippen LogP contribution in [0.25, 0.3) is 0 Å². The summed E-state index contributed by atoms with van der Waals surface area (Å²) < 4.78 is 16.9. The summed E-state index contributed by atoms with van der Waals surface area (Å²) in [5.41, 5.74) is 0. The summed E-state index contributed by atoms with van der Waals surface area (Å²) in [6.45, 7) is 6.67. The van der Waals surface area contributed by atoms with E-state index in [-0.39, 0.29) is 31.1 Å². The van der Waals surface area contributed by atoms with Crippen LogP contribution in [0.4, 0.5) is 0 Å². The Hall–Kier alpha value is -2.11. The molecule has 0 heterocycles. The van der Waals surface area contributed by atoms with Crippen molar-refractivity contribution >= 4 is 17.9 Å². The van der Waals surface area contributed by atoms with Gasteiger partial charge in [-0.05, 0) is 70.6 Å². The SMILES string of the molecule is CCCCCCC/C=C\CCCCCCCC(=O)OCC(COC(=O)CCCCCCCCCCCCCCCCCCCCCCCCCCCCC)OC(=O)CCCCCCC/C=C\CCCCCCC. The molecule has 0 N–H and O–H groups in total. The van der Waals surface area contributed by atoms with Crippen LogP contribution in [-0.4, -0.2) is 37.2 Å². The minimum absolute atomic E-state index is 0.0725. The fraction of sp³-hybridized carbons (Fsp3) is 0.896. The van der Waals surface area contributed by atoms with Gasteiger partial charge in [-0.2, -0.15) is 0 Å². The first kappa shape index (κ1) is 70.9. The maximum absolute atomic E-state index is 12.9. The molecular formula is C67H126O6. The van der Waals surface area contributed by atoms with Crippen LogP contribution in [0.5, 0.6) is 0 Å². The number of hydrogen-bond acceptors (Lipinski definition) is 6. The molecule has 6 heteroatoms. The van der Waals surface area contributed by atoms with Crippen LogP contribution >= 0.6 is 0 Å². The summed E-state index contributed by atoms with van der Waals surface area (Å²) in [5, 5.41) is 0. The fourth-order valence-corrected chi connectivity index (χ4v) is 9.97. The van der Waals surface area contributed by atoms with Crippen molar-refractivity contribution in [1.82, 2.24) is 0 Å². The van der Waals surface area contributed by atoms with E-state index in [0.29, 0.717) is 19.3 Å². The first-order chi connectivity index (χ1) is 36.0. The second-order valence-corrected chi connectivity index (χ2v) is 22.4. The molecule has 1 unspecified atom stereocenters. The van der Waals surface area contributed by atoms with Crippen molar-refractivity contribution in [2.24, 2.45) is 0 Å². The molecule has 0 aliphatic rings. The molecule has 0 aromatic heterocycles. The van der Waals surface area contributed by atoms with Gasteiger partial charge in [0.15, 0.2) is 6.10 Å². The Labute approximate surface area is 455 Å². The highest BCUT2D eigenvalue weighted by Crippen LogP contribution is 2.18. The fourth-order valence-electron chi connectivity index (χ4n) is 9.97. The van der Waals surface area contributed by atoms with Gasteiger partial charge >= 0.3 is 17.9 Å². The van der Waals surface area contributed by atoms with E-state index < -0.39 is 6.10 Å². The van der Waals surface area contributed by atoms with E-state index in [1.807, 2.05) is 0 Å². The van der Waals surface area contributed by atoms with E-state index >= 15 is 0 Å². The lowest BCUT2D eigenvalue weighted by atomic mass is 10.0. The number of carbonyl (C=O) groups excluding carboxylic acids is 3. The number of ether oxygens (including phenoxy) is 3. The lowest BCUT2D eigenvalue weighted by molar-refractivity contribution is -0.167. The zero-order valence-electron chi connectivity index (χ0n) is 49.4. The van der Waals surface area contributed by atoms with E-state index in [1.54, 1.807) is 0 Å². The standard InChI is InChI=1S/C67H126O6/c1-4-7-10-13-16-19-22-25-28-29-30-31-32-33-34-35-36-37-38-39-40-43-45-48-51-54-57-60-66(69)72-63-64(73-67(70)61-58-55-52-49-46-42-27-24-21-18-15-12-9-6-3)62-71-65(68)59-56-53-50-47-44-41-26-23-20-17-14-11-8-5-2/h23-24,26-27,64H,4-22,25,28-63H2,1-3H3/b26-23-,27-24-. The zero-order valence-corrected chi connectivity index (χ0v) is 49.4. The predicted molar refractivity (Wildman–Crippen MR) is 316 cm³/mol. The molecule has 73 heavy (non-hydrogen) atoms. The molecular weight excluding hydrogens is 901 g/mol. The lowest BCUT2D eigenvalue weighted by Crippen LogP contribution is -2.30. The van der Waals surface area contributed by atoms with E-state index in [0.717, 1.165) is 70.6 Å². The van der Waals surface area contributed by atoms with Crippen LogP contribution in [0.2, 0.25) is 0 Å². The van der Waals surface area contributed by atoms with Crippen LogP contribution in [-0.2, 0) is 28.6 Å². The second kappa shape index (κ2) is 62.4. The van der Waals surface area contributed by atoms with Crippen LogP contribution in [0.1, 0.15) is 367 Å². The molecule has 0 rings (SSSR count). The number of unbranched alkanes of at least 4 members (excludes halogenated alkanes) is 46. The molecule has 0 aromatic carbocycles. The van der Waals surface area contributed by atoms with Gasteiger partial charge < -0.3 is 14.2 Å². The molecule has 0 fully saturated rings. The lowest BCUT2D eigenvalue weighted by Gasteiger charge is -2.18. The molecule has 430 valence electrons. The number of allylic oxidation sites excluding steroid dienone is 4. The topological polar surface area (TPSA) is 78.9 Å². The third-order valence-corrected chi connectivity index (χ3v) is 14.9. The van der Waals surface area contributed by atoms with Crippen molar-refractivity contribution in [3.8, 4) is 0 Å². The molecule has 6 nitrogen and oxygen atoms in total. The Morgan fingerprint density at radius 1 is 0.260 bits per heavy atom. The molecule has 0 amide bonds. The molecule has 0 aliphatic carbocycles. The molecule has 0 saturated carbocycles. The van der Waals surface area contributed by atoms with E-state index in [9.17, 15) is 14.4 Å². The monoisotopic (exact) mass is 1030 g/mol. The normalized spacial score (nSPS) is 12.1. The Balaban J connectivity index is 4.17.